The summed E-state index contributed by atoms with van der Waals surface area (Å²) in [5.74, 6) is -0.925. The SMILES string of the molecule is Cc1ccc(C(=O)O)c(Nc2ccc(C)c(C)c2)c1. The van der Waals surface area contributed by atoms with Crippen LogP contribution in [0.15, 0.2) is 36.4 Å². The smallest absolute Gasteiger partial charge is 0.337 e. The highest BCUT2D eigenvalue weighted by Gasteiger charge is 2.10. The van der Waals surface area contributed by atoms with Gasteiger partial charge in [-0.2, -0.15) is 0 Å². The van der Waals surface area contributed by atoms with E-state index < -0.39 is 5.97 Å². The third-order valence-electron chi connectivity index (χ3n) is 3.19. The van der Waals surface area contributed by atoms with Gasteiger partial charge in [0.25, 0.3) is 0 Å². The molecule has 0 aliphatic rings. The quantitative estimate of drug-likeness (QED) is 0.869. The van der Waals surface area contributed by atoms with Crippen molar-refractivity contribution in [1.29, 1.82) is 0 Å². The molecule has 0 fully saturated rings. The van der Waals surface area contributed by atoms with E-state index in [2.05, 4.69) is 12.2 Å². The summed E-state index contributed by atoms with van der Waals surface area (Å²) in [7, 11) is 0. The van der Waals surface area contributed by atoms with Crippen LogP contribution in [0, 0.1) is 20.8 Å². The van der Waals surface area contributed by atoms with Crippen molar-refractivity contribution in [3.63, 3.8) is 0 Å². The highest BCUT2D eigenvalue weighted by molar-refractivity contribution is 5.95. The lowest BCUT2D eigenvalue weighted by atomic mass is 10.1. The fourth-order valence-corrected chi connectivity index (χ4v) is 1.92. The van der Waals surface area contributed by atoms with E-state index >= 15 is 0 Å². The summed E-state index contributed by atoms with van der Waals surface area (Å²) in [6.45, 7) is 6.03. The van der Waals surface area contributed by atoms with Gasteiger partial charge in [0.15, 0.2) is 0 Å². The largest absolute Gasteiger partial charge is 0.478 e. The first kappa shape index (κ1) is 13.1. The summed E-state index contributed by atoms with van der Waals surface area (Å²) < 4.78 is 0. The summed E-state index contributed by atoms with van der Waals surface area (Å²) in [5.41, 5.74) is 5.22. The molecule has 2 rings (SSSR count). The van der Waals surface area contributed by atoms with E-state index in [1.807, 2.05) is 38.1 Å². The number of nitrogens with one attached hydrogen (secondary N) is 1. The van der Waals surface area contributed by atoms with Crippen LogP contribution in [-0.2, 0) is 0 Å². The molecule has 0 atom stereocenters. The Balaban J connectivity index is 2.39. The summed E-state index contributed by atoms with van der Waals surface area (Å²) in [5, 5.41) is 12.4. The summed E-state index contributed by atoms with van der Waals surface area (Å²) >= 11 is 0. The number of hydrogen-bond acceptors (Lipinski definition) is 2. The molecule has 0 spiro atoms. The highest BCUT2D eigenvalue weighted by atomic mass is 16.4. The van der Waals surface area contributed by atoms with Gasteiger partial charge in [0, 0.05) is 5.69 Å². The number of benzene rings is 2. The van der Waals surface area contributed by atoms with Crippen LogP contribution in [0.5, 0.6) is 0 Å². The molecule has 2 aromatic rings. The summed E-state index contributed by atoms with van der Waals surface area (Å²) in [4.78, 5) is 11.2. The molecule has 0 unspecified atom stereocenters. The van der Waals surface area contributed by atoms with Crippen molar-refractivity contribution in [2.24, 2.45) is 0 Å². The van der Waals surface area contributed by atoms with Crippen molar-refractivity contribution in [3.8, 4) is 0 Å². The van der Waals surface area contributed by atoms with E-state index in [1.165, 1.54) is 11.1 Å². The second-order valence-electron chi connectivity index (χ2n) is 4.78. The van der Waals surface area contributed by atoms with Crippen LogP contribution in [0.3, 0.4) is 0 Å². The first-order valence-electron chi connectivity index (χ1n) is 6.15. The molecular formula is C16H17NO2. The zero-order valence-electron chi connectivity index (χ0n) is 11.3. The molecule has 2 N–H and O–H groups in total. The predicted octanol–water partition coefficient (Wildman–Crippen LogP) is 4.05. The van der Waals surface area contributed by atoms with Crippen molar-refractivity contribution in [2.75, 3.05) is 5.32 Å². The standard InChI is InChI=1S/C16H17NO2/c1-10-4-7-14(16(18)19)15(8-10)17-13-6-5-11(2)12(3)9-13/h4-9,17H,1-3H3,(H,18,19). The molecule has 2 aromatic carbocycles. The molecule has 0 aliphatic carbocycles. The number of carboxylic acid groups (broad SMARTS) is 1. The first-order valence-corrected chi connectivity index (χ1v) is 6.15. The predicted molar refractivity (Wildman–Crippen MR) is 77.3 cm³/mol. The average Bonchev–Trinajstić information content (AvgIpc) is 2.33. The molecule has 98 valence electrons. The number of aryl methyl sites for hydroxylation is 3. The summed E-state index contributed by atoms with van der Waals surface area (Å²) in [6, 6.07) is 11.3. The van der Waals surface area contributed by atoms with Gasteiger partial charge in [-0.1, -0.05) is 12.1 Å². The van der Waals surface area contributed by atoms with E-state index in [0.29, 0.717) is 5.69 Å². The molecule has 0 bridgehead atoms. The number of hydrogen-bond donors (Lipinski definition) is 2. The molecule has 0 amide bonds. The van der Waals surface area contributed by atoms with Gasteiger partial charge < -0.3 is 10.4 Å². The normalized spacial score (nSPS) is 10.3. The Morgan fingerprint density at radius 1 is 1.00 bits per heavy atom. The van der Waals surface area contributed by atoms with Crippen LogP contribution in [0.4, 0.5) is 11.4 Å². The topological polar surface area (TPSA) is 49.3 Å². The molecular weight excluding hydrogens is 238 g/mol. The molecule has 3 heteroatoms. The highest BCUT2D eigenvalue weighted by Crippen LogP contribution is 2.24. The Morgan fingerprint density at radius 3 is 2.37 bits per heavy atom. The van der Waals surface area contributed by atoms with Crippen LogP contribution in [0.2, 0.25) is 0 Å². The maximum absolute atomic E-state index is 11.2. The van der Waals surface area contributed by atoms with Crippen molar-refractivity contribution >= 4 is 17.3 Å². The van der Waals surface area contributed by atoms with Gasteiger partial charge in [0.05, 0.1) is 11.3 Å². The van der Waals surface area contributed by atoms with Gasteiger partial charge in [-0.3, -0.25) is 0 Å². The lowest BCUT2D eigenvalue weighted by molar-refractivity contribution is 0.0698. The molecule has 0 saturated carbocycles. The molecule has 0 aromatic heterocycles. The van der Waals surface area contributed by atoms with Gasteiger partial charge in [-0.25, -0.2) is 4.79 Å². The van der Waals surface area contributed by atoms with E-state index in [4.69, 9.17) is 0 Å². The number of carboxylic acids is 1. The van der Waals surface area contributed by atoms with Crippen LogP contribution in [0.25, 0.3) is 0 Å². The van der Waals surface area contributed by atoms with Gasteiger partial charge in [-0.15, -0.1) is 0 Å². The van der Waals surface area contributed by atoms with Gasteiger partial charge >= 0.3 is 5.97 Å². The maximum Gasteiger partial charge on any atom is 0.337 e. The molecule has 0 aliphatic heterocycles. The van der Waals surface area contributed by atoms with Crippen molar-refractivity contribution in [3.05, 3.63) is 58.7 Å². The Kier molecular flexibility index (Phi) is 3.56. The number of anilines is 2. The zero-order chi connectivity index (χ0) is 14.0. The van der Waals surface area contributed by atoms with Crippen LogP contribution in [-0.4, -0.2) is 11.1 Å². The molecule has 3 nitrogen and oxygen atoms in total. The minimum atomic E-state index is -0.925. The first-order chi connectivity index (χ1) is 8.97. The molecule has 0 radical (unpaired) electrons. The van der Waals surface area contributed by atoms with Crippen molar-refractivity contribution in [2.45, 2.75) is 20.8 Å². The van der Waals surface area contributed by atoms with E-state index in [0.717, 1.165) is 11.3 Å². The fraction of sp³-hybridized carbons (Fsp3) is 0.188. The summed E-state index contributed by atoms with van der Waals surface area (Å²) in [6.07, 6.45) is 0. The van der Waals surface area contributed by atoms with Gasteiger partial charge in [-0.05, 0) is 61.7 Å². The van der Waals surface area contributed by atoms with E-state index in [1.54, 1.807) is 12.1 Å². The number of carbonyl (C=O) groups is 1. The van der Waals surface area contributed by atoms with Gasteiger partial charge in [0.1, 0.15) is 0 Å². The van der Waals surface area contributed by atoms with Crippen molar-refractivity contribution in [1.82, 2.24) is 0 Å². The third-order valence-corrected chi connectivity index (χ3v) is 3.19. The zero-order valence-corrected chi connectivity index (χ0v) is 11.3. The number of rotatable bonds is 3. The second-order valence-corrected chi connectivity index (χ2v) is 4.78. The monoisotopic (exact) mass is 255 g/mol. The second kappa shape index (κ2) is 5.14. The molecule has 0 heterocycles. The maximum atomic E-state index is 11.2. The number of aromatic carboxylic acids is 1. The Hall–Kier alpha value is -2.29. The molecule has 0 saturated heterocycles. The van der Waals surface area contributed by atoms with Crippen LogP contribution >= 0.6 is 0 Å². The molecule has 19 heavy (non-hydrogen) atoms. The Labute approximate surface area is 112 Å². The van der Waals surface area contributed by atoms with Crippen LogP contribution < -0.4 is 5.32 Å². The lowest BCUT2D eigenvalue weighted by Gasteiger charge is -2.12. The minimum Gasteiger partial charge on any atom is -0.478 e. The third kappa shape index (κ3) is 2.94. The Bertz CT molecular complexity index is 633. The fourth-order valence-electron chi connectivity index (χ4n) is 1.92. The van der Waals surface area contributed by atoms with E-state index in [-0.39, 0.29) is 5.56 Å². The average molecular weight is 255 g/mol. The van der Waals surface area contributed by atoms with Gasteiger partial charge in [0.2, 0.25) is 0 Å². The lowest BCUT2D eigenvalue weighted by Crippen LogP contribution is -2.03. The van der Waals surface area contributed by atoms with Crippen LogP contribution in [0.1, 0.15) is 27.0 Å². The van der Waals surface area contributed by atoms with Crippen molar-refractivity contribution < 1.29 is 9.90 Å². The minimum absolute atomic E-state index is 0.281. The Morgan fingerprint density at radius 2 is 1.74 bits per heavy atom. The van der Waals surface area contributed by atoms with E-state index in [9.17, 15) is 9.90 Å².